The molecule has 0 bridgehead atoms. The van der Waals surface area contributed by atoms with Crippen molar-refractivity contribution in [3.8, 4) is 0 Å². The van der Waals surface area contributed by atoms with Gasteiger partial charge >= 0.3 is 0 Å². The predicted octanol–water partition coefficient (Wildman–Crippen LogP) is 2.86. The highest BCUT2D eigenvalue weighted by molar-refractivity contribution is 14.1. The van der Waals surface area contributed by atoms with Crippen LogP contribution in [0.15, 0.2) is 6.20 Å². The first-order valence-electron chi connectivity index (χ1n) is 2.91. The summed E-state index contributed by atoms with van der Waals surface area (Å²) in [5.74, 6) is 0. The molecule has 0 saturated carbocycles. The Morgan fingerprint density at radius 1 is 1.58 bits per heavy atom. The van der Waals surface area contributed by atoms with Gasteiger partial charge in [-0.3, -0.25) is 4.98 Å². The number of rotatable bonds is 1. The molecule has 0 unspecified atom stereocenters. The zero-order valence-corrected chi connectivity index (χ0v) is 8.60. The van der Waals surface area contributed by atoms with Gasteiger partial charge in [0.1, 0.15) is 5.69 Å². The van der Waals surface area contributed by atoms with E-state index in [0.29, 0.717) is 0 Å². The predicted molar refractivity (Wildman–Crippen MR) is 51.3 cm³/mol. The average molecular weight is 304 g/mol. The average Bonchev–Trinajstić information content (AvgIpc) is 2.00. The second-order valence-electron chi connectivity index (χ2n) is 2.03. The topological polar surface area (TPSA) is 38.9 Å². The number of aromatic nitrogens is 1. The van der Waals surface area contributed by atoms with Crippen LogP contribution in [0.2, 0.25) is 5.02 Å². The lowest BCUT2D eigenvalue weighted by Crippen LogP contribution is -1.98. The second-order valence-corrected chi connectivity index (χ2v) is 3.48. The maximum absolute atomic E-state index is 12.2. The third kappa shape index (κ3) is 1.77. The first-order chi connectivity index (χ1) is 5.54. The molecule has 0 amide bonds. The van der Waals surface area contributed by atoms with Crippen LogP contribution in [0.3, 0.4) is 0 Å². The molecule has 0 spiro atoms. The Hall–Kier alpha value is -0.170. The van der Waals surface area contributed by atoms with E-state index in [9.17, 15) is 8.78 Å². The van der Waals surface area contributed by atoms with E-state index >= 15 is 0 Å². The summed E-state index contributed by atoms with van der Waals surface area (Å²) in [6.45, 7) is 0. The Kier molecular flexibility index (Phi) is 3.05. The Labute approximate surface area is 86.3 Å². The van der Waals surface area contributed by atoms with Crippen molar-refractivity contribution in [3.05, 3.63) is 20.5 Å². The fourth-order valence-electron chi connectivity index (χ4n) is 0.644. The second kappa shape index (κ2) is 3.69. The number of pyridine rings is 1. The van der Waals surface area contributed by atoms with Gasteiger partial charge in [0.05, 0.1) is 20.5 Å². The Morgan fingerprint density at radius 2 is 2.17 bits per heavy atom. The molecule has 1 aromatic rings. The third-order valence-corrected chi connectivity index (χ3v) is 3.04. The number of anilines is 1. The lowest BCUT2D eigenvalue weighted by molar-refractivity contribution is 0.145. The number of nitrogens with zero attached hydrogens (tertiary/aromatic N) is 1. The highest BCUT2D eigenvalue weighted by Crippen LogP contribution is 2.31. The normalized spacial score (nSPS) is 10.8. The Balaban J connectivity index is 3.27. The molecule has 1 heterocycles. The van der Waals surface area contributed by atoms with Crippen molar-refractivity contribution in [1.82, 2.24) is 4.98 Å². The van der Waals surface area contributed by atoms with E-state index in [0.717, 1.165) is 6.20 Å². The van der Waals surface area contributed by atoms with E-state index in [-0.39, 0.29) is 20.0 Å². The van der Waals surface area contributed by atoms with Crippen LogP contribution < -0.4 is 5.73 Å². The van der Waals surface area contributed by atoms with E-state index in [4.69, 9.17) is 17.3 Å². The number of nitrogens with two attached hydrogens (primary N) is 1. The fourth-order valence-corrected chi connectivity index (χ4v) is 1.48. The van der Waals surface area contributed by atoms with E-state index in [1.165, 1.54) is 0 Å². The minimum absolute atomic E-state index is 0.140. The largest absolute Gasteiger partial charge is 0.396 e. The molecule has 0 fully saturated rings. The molecular formula is C6H4ClF2IN2. The van der Waals surface area contributed by atoms with Crippen molar-refractivity contribution in [3.63, 3.8) is 0 Å². The first kappa shape index (κ1) is 9.91. The molecule has 0 atom stereocenters. The molecular weight excluding hydrogens is 300 g/mol. The van der Waals surface area contributed by atoms with Crippen molar-refractivity contribution < 1.29 is 8.78 Å². The van der Waals surface area contributed by atoms with Gasteiger partial charge in [0, 0.05) is 0 Å². The van der Waals surface area contributed by atoms with Gasteiger partial charge in [-0.1, -0.05) is 11.6 Å². The zero-order chi connectivity index (χ0) is 9.30. The molecule has 66 valence electrons. The van der Waals surface area contributed by atoms with Gasteiger partial charge in [0.2, 0.25) is 0 Å². The summed E-state index contributed by atoms with van der Waals surface area (Å²) in [4.78, 5) is 3.47. The van der Waals surface area contributed by atoms with Crippen LogP contribution >= 0.6 is 34.2 Å². The van der Waals surface area contributed by atoms with E-state index in [2.05, 4.69) is 4.98 Å². The zero-order valence-electron chi connectivity index (χ0n) is 5.69. The number of nitrogen functional groups attached to an aromatic ring is 1. The van der Waals surface area contributed by atoms with Gasteiger partial charge in [-0.2, -0.15) is 0 Å². The maximum Gasteiger partial charge on any atom is 0.281 e. The Morgan fingerprint density at radius 3 is 2.67 bits per heavy atom. The van der Waals surface area contributed by atoms with Crippen LogP contribution in [0.25, 0.3) is 0 Å². The highest BCUT2D eigenvalue weighted by atomic mass is 127. The maximum atomic E-state index is 12.2. The monoisotopic (exact) mass is 304 g/mol. The van der Waals surface area contributed by atoms with Crippen LogP contribution in [0.1, 0.15) is 12.1 Å². The van der Waals surface area contributed by atoms with Crippen LogP contribution in [-0.2, 0) is 0 Å². The molecule has 0 aliphatic rings. The lowest BCUT2D eigenvalue weighted by atomic mass is 10.3. The minimum atomic E-state index is -2.62. The van der Waals surface area contributed by atoms with Crippen molar-refractivity contribution in [2.24, 2.45) is 0 Å². The van der Waals surface area contributed by atoms with Crippen molar-refractivity contribution in [2.45, 2.75) is 6.43 Å². The Bertz CT molecular complexity index is 306. The molecule has 2 N–H and O–H groups in total. The lowest BCUT2D eigenvalue weighted by Gasteiger charge is -2.05. The summed E-state index contributed by atoms with van der Waals surface area (Å²) in [5.41, 5.74) is 5.23. The number of halogens is 4. The molecule has 0 aromatic carbocycles. The van der Waals surface area contributed by atoms with Gasteiger partial charge in [-0.05, 0) is 22.6 Å². The van der Waals surface area contributed by atoms with Gasteiger partial charge < -0.3 is 5.73 Å². The third-order valence-electron chi connectivity index (χ3n) is 1.22. The van der Waals surface area contributed by atoms with Gasteiger partial charge in [-0.25, -0.2) is 8.78 Å². The number of hydrogen-bond donors (Lipinski definition) is 1. The van der Waals surface area contributed by atoms with Crippen LogP contribution in [-0.4, -0.2) is 4.98 Å². The van der Waals surface area contributed by atoms with Gasteiger partial charge in [0.25, 0.3) is 6.43 Å². The molecule has 0 aliphatic heterocycles. The quantitative estimate of drug-likeness (QED) is 0.810. The number of alkyl halides is 2. The molecule has 0 radical (unpaired) electrons. The summed E-state index contributed by atoms with van der Waals surface area (Å²) in [5, 5.41) is 0.140. The number of hydrogen-bond acceptors (Lipinski definition) is 2. The van der Waals surface area contributed by atoms with Crippen LogP contribution in [0.4, 0.5) is 14.5 Å². The molecule has 1 rings (SSSR count). The smallest absolute Gasteiger partial charge is 0.281 e. The molecule has 6 heteroatoms. The van der Waals surface area contributed by atoms with Crippen LogP contribution in [0, 0.1) is 3.57 Å². The summed E-state index contributed by atoms with van der Waals surface area (Å²) < 4.78 is 24.6. The fraction of sp³-hybridized carbons (Fsp3) is 0.167. The van der Waals surface area contributed by atoms with Crippen LogP contribution in [0.5, 0.6) is 0 Å². The summed E-state index contributed by atoms with van der Waals surface area (Å²) in [7, 11) is 0. The van der Waals surface area contributed by atoms with E-state index in [1.54, 1.807) is 22.6 Å². The van der Waals surface area contributed by atoms with Gasteiger partial charge in [-0.15, -0.1) is 0 Å². The van der Waals surface area contributed by atoms with E-state index in [1.807, 2.05) is 0 Å². The molecule has 1 aromatic heterocycles. The minimum Gasteiger partial charge on any atom is -0.396 e. The summed E-state index contributed by atoms with van der Waals surface area (Å²) in [6.07, 6.45) is -1.48. The highest BCUT2D eigenvalue weighted by Gasteiger charge is 2.16. The van der Waals surface area contributed by atoms with Crippen molar-refractivity contribution in [2.75, 3.05) is 5.73 Å². The summed E-state index contributed by atoms with van der Waals surface area (Å²) >= 11 is 7.31. The van der Waals surface area contributed by atoms with Gasteiger partial charge in [0.15, 0.2) is 0 Å². The molecule has 12 heavy (non-hydrogen) atoms. The first-order valence-corrected chi connectivity index (χ1v) is 4.37. The molecule has 0 saturated heterocycles. The van der Waals surface area contributed by atoms with Crippen molar-refractivity contribution in [1.29, 1.82) is 0 Å². The molecule has 0 aliphatic carbocycles. The van der Waals surface area contributed by atoms with Crippen molar-refractivity contribution >= 4 is 39.9 Å². The molecule has 2 nitrogen and oxygen atoms in total. The van der Waals surface area contributed by atoms with E-state index < -0.39 is 6.43 Å². The SMILES string of the molecule is Nc1cnc(C(F)F)c(I)c1Cl. The standard InChI is InChI=1S/C6H4ClF2IN2/c7-3-2(11)1-12-5(4(3)10)6(8)9/h1,6H,11H2. The summed E-state index contributed by atoms with van der Waals surface area (Å²) in [6, 6.07) is 0.